The monoisotopic (exact) mass is 308 g/mol. The molecular weight excluding hydrogens is 284 g/mol. The molecule has 1 aliphatic rings. The van der Waals surface area contributed by atoms with Gasteiger partial charge in [0.15, 0.2) is 0 Å². The van der Waals surface area contributed by atoms with E-state index in [1.807, 2.05) is 0 Å². The van der Waals surface area contributed by atoms with Crippen molar-refractivity contribution in [2.45, 2.75) is 52.4 Å². The lowest BCUT2D eigenvalue weighted by Crippen LogP contribution is -2.48. The molecule has 2 heterocycles. The first-order chi connectivity index (χ1) is 10.4. The predicted octanol–water partition coefficient (Wildman–Crippen LogP) is 2.91. The van der Waals surface area contributed by atoms with E-state index in [2.05, 4.69) is 19.0 Å². The Morgan fingerprint density at radius 1 is 1.45 bits per heavy atom. The first kappa shape index (κ1) is 16.5. The topological polar surface area (TPSA) is 83.6 Å². The molecule has 1 fully saturated rings. The summed E-state index contributed by atoms with van der Waals surface area (Å²) in [5.74, 6) is -0.635. The molecule has 1 amide bonds. The minimum absolute atomic E-state index is 0.205. The zero-order valence-corrected chi connectivity index (χ0v) is 13.5. The average Bonchev–Trinajstić information content (AvgIpc) is 2.97. The summed E-state index contributed by atoms with van der Waals surface area (Å²) >= 11 is 0. The van der Waals surface area contributed by atoms with Crippen LogP contribution in [0.1, 0.15) is 68.6 Å². The van der Waals surface area contributed by atoms with Crippen LogP contribution in [0.15, 0.2) is 10.6 Å². The van der Waals surface area contributed by atoms with Crippen molar-refractivity contribution in [3.05, 3.63) is 17.5 Å². The Labute approximate surface area is 130 Å². The van der Waals surface area contributed by atoms with E-state index in [-0.39, 0.29) is 24.1 Å². The largest absolute Gasteiger partial charge is 0.481 e. The zero-order valence-electron chi connectivity index (χ0n) is 13.5. The first-order valence-electron chi connectivity index (χ1n) is 7.90. The van der Waals surface area contributed by atoms with Gasteiger partial charge in [0, 0.05) is 25.1 Å². The predicted molar refractivity (Wildman–Crippen MR) is 80.7 cm³/mol. The van der Waals surface area contributed by atoms with E-state index in [9.17, 15) is 14.7 Å². The molecule has 1 aromatic rings. The van der Waals surface area contributed by atoms with E-state index < -0.39 is 11.4 Å². The van der Waals surface area contributed by atoms with Crippen LogP contribution in [-0.4, -0.2) is 40.1 Å². The second-order valence-corrected chi connectivity index (χ2v) is 6.33. The summed E-state index contributed by atoms with van der Waals surface area (Å²) in [5, 5.41) is 13.3. The summed E-state index contributed by atoms with van der Waals surface area (Å²) in [6, 6.07) is 1.70. The lowest BCUT2D eigenvalue weighted by atomic mass is 9.82. The van der Waals surface area contributed by atoms with Gasteiger partial charge in [-0.1, -0.05) is 19.0 Å². The molecule has 1 N–H and O–H groups in total. The van der Waals surface area contributed by atoms with Crippen molar-refractivity contribution >= 4 is 11.9 Å². The molecule has 1 saturated heterocycles. The number of likely N-dealkylation sites (tertiary alicyclic amines) is 1. The highest BCUT2D eigenvalue weighted by Gasteiger charge is 2.40. The standard InChI is InChI=1S/C16H24N2O4/c1-4-11(5-2)12-9-13(22-17-12)14(19)18-8-6-7-16(3,10-18)15(20)21/h9,11H,4-8,10H2,1-3H3,(H,20,21). The molecular formula is C16H24N2O4. The van der Waals surface area contributed by atoms with Crippen molar-refractivity contribution in [2.24, 2.45) is 5.41 Å². The Kier molecular flexibility index (Phi) is 4.88. The molecule has 22 heavy (non-hydrogen) atoms. The number of piperidine rings is 1. The number of amides is 1. The third-order valence-corrected chi connectivity index (χ3v) is 4.64. The van der Waals surface area contributed by atoms with E-state index in [0.29, 0.717) is 19.4 Å². The Hall–Kier alpha value is -1.85. The summed E-state index contributed by atoms with van der Waals surface area (Å²) in [6.45, 7) is 6.61. The van der Waals surface area contributed by atoms with Crippen LogP contribution in [0, 0.1) is 5.41 Å². The number of hydrogen-bond donors (Lipinski definition) is 1. The second-order valence-electron chi connectivity index (χ2n) is 6.33. The number of nitrogens with zero attached hydrogens (tertiary/aromatic N) is 2. The van der Waals surface area contributed by atoms with Crippen molar-refractivity contribution in [3.8, 4) is 0 Å². The van der Waals surface area contributed by atoms with Gasteiger partial charge in [0.25, 0.3) is 5.91 Å². The Bertz CT molecular complexity index is 550. The van der Waals surface area contributed by atoms with Crippen LogP contribution in [0.5, 0.6) is 0 Å². The third kappa shape index (κ3) is 3.15. The molecule has 0 saturated carbocycles. The van der Waals surface area contributed by atoms with Crippen LogP contribution in [0.2, 0.25) is 0 Å². The van der Waals surface area contributed by atoms with Gasteiger partial charge in [-0.2, -0.15) is 0 Å². The molecule has 0 spiro atoms. The van der Waals surface area contributed by atoms with Crippen LogP contribution in [0.3, 0.4) is 0 Å². The number of hydrogen-bond acceptors (Lipinski definition) is 4. The highest BCUT2D eigenvalue weighted by atomic mass is 16.5. The third-order valence-electron chi connectivity index (χ3n) is 4.64. The van der Waals surface area contributed by atoms with Crippen LogP contribution < -0.4 is 0 Å². The maximum Gasteiger partial charge on any atom is 0.311 e. The molecule has 1 unspecified atom stereocenters. The van der Waals surface area contributed by atoms with Crippen LogP contribution in [-0.2, 0) is 4.79 Å². The number of carboxylic acid groups (broad SMARTS) is 1. The minimum Gasteiger partial charge on any atom is -0.481 e. The molecule has 6 heteroatoms. The maximum atomic E-state index is 12.5. The van der Waals surface area contributed by atoms with Crippen LogP contribution in [0.25, 0.3) is 0 Å². The molecule has 1 atom stereocenters. The van der Waals surface area contributed by atoms with Crippen molar-refractivity contribution in [1.29, 1.82) is 0 Å². The van der Waals surface area contributed by atoms with Gasteiger partial charge in [0.05, 0.1) is 11.1 Å². The Morgan fingerprint density at radius 3 is 2.73 bits per heavy atom. The fraction of sp³-hybridized carbons (Fsp3) is 0.688. The normalized spacial score (nSPS) is 22.1. The summed E-state index contributed by atoms with van der Waals surface area (Å²) in [6.07, 6.45) is 3.15. The quantitative estimate of drug-likeness (QED) is 0.904. The van der Waals surface area contributed by atoms with Gasteiger partial charge in [-0.15, -0.1) is 0 Å². The lowest BCUT2D eigenvalue weighted by molar-refractivity contribution is -0.150. The van der Waals surface area contributed by atoms with Gasteiger partial charge in [-0.05, 0) is 32.6 Å². The molecule has 122 valence electrons. The van der Waals surface area contributed by atoms with Gasteiger partial charge in [0.2, 0.25) is 5.76 Å². The molecule has 6 nitrogen and oxygen atoms in total. The lowest BCUT2D eigenvalue weighted by Gasteiger charge is -2.36. The van der Waals surface area contributed by atoms with E-state index in [1.54, 1.807) is 17.9 Å². The van der Waals surface area contributed by atoms with E-state index in [0.717, 1.165) is 18.5 Å². The molecule has 0 bridgehead atoms. The summed E-state index contributed by atoms with van der Waals surface area (Å²) in [5.41, 5.74) is -0.0853. The van der Waals surface area contributed by atoms with E-state index in [4.69, 9.17) is 4.52 Å². The summed E-state index contributed by atoms with van der Waals surface area (Å²) in [7, 11) is 0. The van der Waals surface area contributed by atoms with E-state index in [1.165, 1.54) is 0 Å². The summed E-state index contributed by atoms with van der Waals surface area (Å²) < 4.78 is 5.20. The number of carboxylic acids is 1. The molecule has 0 aromatic carbocycles. The SMILES string of the molecule is CCC(CC)c1cc(C(=O)N2CCCC(C)(C(=O)O)C2)on1. The Morgan fingerprint density at radius 2 is 2.14 bits per heavy atom. The van der Waals surface area contributed by atoms with Crippen molar-refractivity contribution in [3.63, 3.8) is 0 Å². The molecule has 0 radical (unpaired) electrons. The Balaban J connectivity index is 2.13. The second kappa shape index (κ2) is 6.50. The van der Waals surface area contributed by atoms with Gasteiger partial charge in [0.1, 0.15) is 0 Å². The number of carbonyl (C=O) groups is 2. The molecule has 1 aliphatic heterocycles. The molecule has 1 aromatic heterocycles. The van der Waals surface area contributed by atoms with Gasteiger partial charge < -0.3 is 14.5 Å². The first-order valence-corrected chi connectivity index (χ1v) is 7.90. The van der Waals surface area contributed by atoms with Crippen LogP contribution >= 0.6 is 0 Å². The average molecular weight is 308 g/mol. The van der Waals surface area contributed by atoms with Crippen molar-refractivity contribution in [1.82, 2.24) is 10.1 Å². The minimum atomic E-state index is -0.883. The number of rotatable bonds is 5. The smallest absolute Gasteiger partial charge is 0.311 e. The number of carbonyl (C=O) groups excluding carboxylic acids is 1. The van der Waals surface area contributed by atoms with Gasteiger partial charge in [-0.25, -0.2) is 0 Å². The van der Waals surface area contributed by atoms with E-state index >= 15 is 0 Å². The highest BCUT2D eigenvalue weighted by Crippen LogP contribution is 2.31. The maximum absolute atomic E-state index is 12.5. The van der Waals surface area contributed by atoms with Crippen molar-refractivity contribution in [2.75, 3.05) is 13.1 Å². The highest BCUT2D eigenvalue weighted by molar-refractivity contribution is 5.92. The fourth-order valence-electron chi connectivity index (χ4n) is 3.03. The number of aliphatic carboxylic acids is 1. The fourth-order valence-corrected chi connectivity index (χ4v) is 3.03. The van der Waals surface area contributed by atoms with Crippen LogP contribution in [0.4, 0.5) is 0 Å². The summed E-state index contributed by atoms with van der Waals surface area (Å²) in [4.78, 5) is 25.5. The molecule has 0 aliphatic carbocycles. The van der Waals surface area contributed by atoms with Gasteiger partial charge >= 0.3 is 5.97 Å². The zero-order chi connectivity index (χ0) is 16.3. The van der Waals surface area contributed by atoms with Gasteiger partial charge in [-0.3, -0.25) is 9.59 Å². The number of aromatic nitrogens is 1. The molecule has 2 rings (SSSR count). The van der Waals surface area contributed by atoms with Crippen molar-refractivity contribution < 1.29 is 19.2 Å².